The molecule has 0 aliphatic carbocycles. The van der Waals surface area contributed by atoms with Gasteiger partial charge in [-0.1, -0.05) is 59.8 Å². The zero-order valence-corrected chi connectivity index (χ0v) is 22.3. The molecular weight excluding hydrogens is 494 g/mol. The summed E-state index contributed by atoms with van der Waals surface area (Å²) in [4.78, 5) is 23.3. The van der Waals surface area contributed by atoms with Crippen LogP contribution in [-0.4, -0.2) is 45.5 Å². The molecule has 8 heteroatoms. The van der Waals surface area contributed by atoms with E-state index in [-0.39, 0.29) is 11.8 Å². The van der Waals surface area contributed by atoms with Crippen LogP contribution in [0.5, 0.6) is 0 Å². The third-order valence-corrected chi connectivity index (χ3v) is 8.38. The third-order valence-electron chi connectivity index (χ3n) is 7.52. The number of carbonyl (C=O) groups excluding carboxylic acids is 1. The summed E-state index contributed by atoms with van der Waals surface area (Å²) in [5, 5.41) is 9.30. The van der Waals surface area contributed by atoms with Gasteiger partial charge in [-0.2, -0.15) is 4.98 Å². The lowest BCUT2D eigenvalue weighted by Gasteiger charge is -2.31. The van der Waals surface area contributed by atoms with Crippen LogP contribution < -0.4 is 5.32 Å². The van der Waals surface area contributed by atoms with Crippen LogP contribution in [0.2, 0.25) is 0 Å². The number of aromatic nitrogens is 2. The molecule has 1 unspecified atom stereocenters. The summed E-state index contributed by atoms with van der Waals surface area (Å²) in [6.07, 6.45) is 2.99. The van der Waals surface area contributed by atoms with E-state index in [0.29, 0.717) is 31.3 Å². The summed E-state index contributed by atoms with van der Waals surface area (Å²) in [6.45, 7) is 5.77. The first-order valence-electron chi connectivity index (χ1n) is 13.4. The van der Waals surface area contributed by atoms with Crippen molar-refractivity contribution >= 4 is 17.2 Å². The fourth-order valence-electron chi connectivity index (χ4n) is 5.55. The van der Waals surface area contributed by atoms with E-state index in [4.69, 9.17) is 4.52 Å². The molecule has 2 aliphatic rings. The number of amides is 1. The van der Waals surface area contributed by atoms with E-state index in [0.717, 1.165) is 55.9 Å². The zero-order valence-electron chi connectivity index (χ0n) is 21.5. The summed E-state index contributed by atoms with van der Waals surface area (Å²) >= 11 is 1.60. The Balaban J connectivity index is 0.994. The molecular formula is C30H33N5O2S. The van der Waals surface area contributed by atoms with E-state index in [1.807, 2.05) is 17.5 Å². The van der Waals surface area contributed by atoms with Crippen molar-refractivity contribution in [3.05, 3.63) is 94.2 Å². The molecule has 4 aromatic rings. The molecule has 6 rings (SSSR count). The highest BCUT2D eigenvalue weighted by Crippen LogP contribution is 2.24. The fourth-order valence-corrected chi connectivity index (χ4v) is 6.20. The van der Waals surface area contributed by atoms with Crippen molar-refractivity contribution in [2.24, 2.45) is 5.92 Å². The standard InChI is InChI=1S/C30H33N5O2S/c36-30(26-10-4-13-34(20-26)21-28-32-29(33-37-28)27-11-5-15-38-27)31-17-22-6-3-7-23(16-22)18-35-14-12-24-8-1-2-9-25(24)19-35/h1-3,5-9,11,15-16,26H,4,10,12-14,17-21H2,(H,31,36). The Bertz CT molecular complexity index is 1370. The van der Waals surface area contributed by atoms with Gasteiger partial charge in [-0.05, 0) is 59.5 Å². The van der Waals surface area contributed by atoms with Crippen molar-refractivity contribution in [1.82, 2.24) is 25.3 Å². The average Bonchev–Trinajstić information content (AvgIpc) is 3.65. The Morgan fingerprint density at radius 3 is 2.79 bits per heavy atom. The Morgan fingerprint density at radius 1 is 1.00 bits per heavy atom. The molecule has 1 saturated heterocycles. The number of likely N-dealkylation sites (tertiary alicyclic amines) is 1. The maximum absolute atomic E-state index is 13.1. The number of nitrogens with zero attached hydrogens (tertiary/aromatic N) is 4. The highest BCUT2D eigenvalue weighted by Gasteiger charge is 2.27. The maximum atomic E-state index is 13.1. The molecule has 2 aromatic carbocycles. The van der Waals surface area contributed by atoms with Crippen LogP contribution in [0.4, 0.5) is 0 Å². The smallest absolute Gasteiger partial charge is 0.241 e. The number of nitrogens with one attached hydrogen (secondary N) is 1. The van der Waals surface area contributed by atoms with Crippen molar-refractivity contribution in [3.63, 3.8) is 0 Å². The van der Waals surface area contributed by atoms with Crippen LogP contribution in [0, 0.1) is 5.92 Å². The van der Waals surface area contributed by atoms with E-state index < -0.39 is 0 Å². The van der Waals surface area contributed by atoms with Gasteiger partial charge in [0.15, 0.2) is 0 Å². The molecule has 0 saturated carbocycles. The highest BCUT2D eigenvalue weighted by molar-refractivity contribution is 7.13. The van der Waals surface area contributed by atoms with E-state index in [9.17, 15) is 4.79 Å². The number of hydrogen-bond acceptors (Lipinski definition) is 7. The highest BCUT2D eigenvalue weighted by atomic mass is 32.1. The summed E-state index contributed by atoms with van der Waals surface area (Å²) in [5.41, 5.74) is 5.35. The lowest BCUT2D eigenvalue weighted by atomic mass is 9.97. The topological polar surface area (TPSA) is 74.5 Å². The predicted octanol–water partition coefficient (Wildman–Crippen LogP) is 4.88. The first-order valence-corrected chi connectivity index (χ1v) is 14.3. The van der Waals surface area contributed by atoms with Gasteiger partial charge in [0.25, 0.3) is 0 Å². The van der Waals surface area contributed by atoms with Gasteiger partial charge in [-0.15, -0.1) is 11.3 Å². The number of fused-ring (bicyclic) bond motifs is 1. The number of benzene rings is 2. The molecule has 38 heavy (non-hydrogen) atoms. The van der Waals surface area contributed by atoms with Gasteiger partial charge in [-0.3, -0.25) is 14.6 Å². The van der Waals surface area contributed by atoms with Crippen LogP contribution in [0.25, 0.3) is 10.7 Å². The normalized spacial score (nSPS) is 18.3. The lowest BCUT2D eigenvalue weighted by molar-refractivity contribution is -0.127. The first kappa shape index (κ1) is 25.0. The van der Waals surface area contributed by atoms with E-state index in [1.54, 1.807) is 11.3 Å². The fraction of sp³-hybridized carbons (Fsp3) is 0.367. The number of piperidine rings is 1. The number of hydrogen-bond donors (Lipinski definition) is 1. The molecule has 4 heterocycles. The minimum Gasteiger partial charge on any atom is -0.352 e. The maximum Gasteiger partial charge on any atom is 0.241 e. The SMILES string of the molecule is O=C(NCc1cccc(CN2CCc3ccccc3C2)c1)C1CCCN(Cc2nc(-c3cccs3)no2)C1. The minimum absolute atomic E-state index is 0.0277. The number of carbonyl (C=O) groups is 1. The van der Waals surface area contributed by atoms with Crippen molar-refractivity contribution in [2.75, 3.05) is 19.6 Å². The van der Waals surface area contributed by atoms with Crippen LogP contribution in [0.3, 0.4) is 0 Å². The quantitative estimate of drug-likeness (QED) is 0.352. The molecule has 2 aliphatic heterocycles. The van der Waals surface area contributed by atoms with Gasteiger partial charge in [0, 0.05) is 32.7 Å². The second-order valence-corrected chi connectivity index (χ2v) is 11.3. The van der Waals surface area contributed by atoms with Crippen LogP contribution in [-0.2, 0) is 37.4 Å². The van der Waals surface area contributed by atoms with E-state index in [2.05, 4.69) is 73.8 Å². The van der Waals surface area contributed by atoms with Crippen LogP contribution in [0.1, 0.15) is 41.0 Å². The minimum atomic E-state index is -0.0277. The van der Waals surface area contributed by atoms with E-state index in [1.165, 1.54) is 16.7 Å². The van der Waals surface area contributed by atoms with E-state index >= 15 is 0 Å². The summed E-state index contributed by atoms with van der Waals surface area (Å²) in [7, 11) is 0. The van der Waals surface area contributed by atoms with Crippen molar-refractivity contribution in [3.8, 4) is 10.7 Å². The van der Waals surface area contributed by atoms with Gasteiger partial charge in [0.2, 0.25) is 17.6 Å². The first-order chi connectivity index (χ1) is 18.7. The van der Waals surface area contributed by atoms with Gasteiger partial charge in [0.1, 0.15) is 0 Å². The van der Waals surface area contributed by atoms with Crippen LogP contribution >= 0.6 is 11.3 Å². The molecule has 196 valence electrons. The van der Waals surface area contributed by atoms with Crippen molar-refractivity contribution < 1.29 is 9.32 Å². The molecule has 0 bridgehead atoms. The molecule has 7 nitrogen and oxygen atoms in total. The number of rotatable bonds is 8. The predicted molar refractivity (Wildman–Crippen MR) is 148 cm³/mol. The molecule has 0 radical (unpaired) electrons. The summed E-state index contributed by atoms with van der Waals surface area (Å²) < 4.78 is 5.48. The van der Waals surface area contributed by atoms with Gasteiger partial charge < -0.3 is 9.84 Å². The second kappa shape index (κ2) is 11.6. The zero-order chi connectivity index (χ0) is 25.7. The van der Waals surface area contributed by atoms with Gasteiger partial charge in [0.05, 0.1) is 17.3 Å². The Kier molecular flexibility index (Phi) is 7.62. The third kappa shape index (κ3) is 6.04. The van der Waals surface area contributed by atoms with Crippen LogP contribution in [0.15, 0.2) is 70.6 Å². The average molecular weight is 528 g/mol. The van der Waals surface area contributed by atoms with Gasteiger partial charge >= 0.3 is 0 Å². The molecule has 1 amide bonds. The Hall–Kier alpha value is -3.33. The second-order valence-electron chi connectivity index (χ2n) is 10.3. The lowest BCUT2D eigenvalue weighted by Crippen LogP contribution is -2.42. The monoisotopic (exact) mass is 527 g/mol. The van der Waals surface area contributed by atoms with Gasteiger partial charge in [-0.25, -0.2) is 0 Å². The van der Waals surface area contributed by atoms with Crippen molar-refractivity contribution in [1.29, 1.82) is 0 Å². The molecule has 2 aromatic heterocycles. The molecule has 1 fully saturated rings. The number of thiophene rings is 1. The molecule has 0 spiro atoms. The van der Waals surface area contributed by atoms with Crippen molar-refractivity contribution in [2.45, 2.75) is 45.4 Å². The molecule has 1 N–H and O–H groups in total. The summed E-state index contributed by atoms with van der Waals surface area (Å²) in [6, 6.07) is 21.3. The largest absolute Gasteiger partial charge is 0.352 e. The summed E-state index contributed by atoms with van der Waals surface area (Å²) in [5.74, 6) is 1.33. The Labute approximate surface area is 227 Å². The molecule has 1 atom stereocenters. The Morgan fingerprint density at radius 2 is 1.89 bits per heavy atom.